The Kier molecular flexibility index (Phi) is 5.63. The van der Waals surface area contributed by atoms with Gasteiger partial charge in [0.25, 0.3) is 0 Å². The van der Waals surface area contributed by atoms with E-state index in [1.54, 1.807) is 7.11 Å². The molecule has 3 aromatic heterocycles. The summed E-state index contributed by atoms with van der Waals surface area (Å²) in [6.07, 6.45) is 4.03. The molecule has 0 saturated heterocycles. The average Bonchev–Trinajstić information content (AvgIpc) is 2.96. The van der Waals surface area contributed by atoms with Crippen LogP contribution in [0.15, 0.2) is 18.3 Å². The van der Waals surface area contributed by atoms with Crippen molar-refractivity contribution in [1.29, 1.82) is 0 Å². The van der Waals surface area contributed by atoms with Crippen molar-refractivity contribution in [2.24, 2.45) is 0 Å². The van der Waals surface area contributed by atoms with Gasteiger partial charge in [0, 0.05) is 31.0 Å². The molecular formula is C21H29N5O. The summed E-state index contributed by atoms with van der Waals surface area (Å²) in [5.41, 5.74) is 5.49. The quantitative estimate of drug-likeness (QED) is 0.621. The average molecular weight is 367 g/mol. The van der Waals surface area contributed by atoms with Crippen LogP contribution < -0.4 is 9.64 Å². The van der Waals surface area contributed by atoms with Crippen LogP contribution in [0.2, 0.25) is 0 Å². The van der Waals surface area contributed by atoms with Crippen molar-refractivity contribution in [3.63, 3.8) is 0 Å². The first-order valence-electron chi connectivity index (χ1n) is 9.63. The van der Waals surface area contributed by atoms with Crippen LogP contribution in [0, 0.1) is 20.8 Å². The first-order valence-corrected chi connectivity index (χ1v) is 9.63. The van der Waals surface area contributed by atoms with Crippen LogP contribution >= 0.6 is 0 Å². The predicted molar refractivity (Wildman–Crippen MR) is 110 cm³/mol. The lowest BCUT2D eigenvalue weighted by Crippen LogP contribution is -2.27. The summed E-state index contributed by atoms with van der Waals surface area (Å²) >= 11 is 0. The molecule has 6 heteroatoms. The zero-order chi connectivity index (χ0) is 19.6. The molecule has 3 aromatic rings. The lowest BCUT2D eigenvalue weighted by atomic mass is 10.1. The number of rotatable bonds is 7. The Labute approximate surface area is 161 Å². The second-order valence-corrected chi connectivity index (χ2v) is 7.00. The second-order valence-electron chi connectivity index (χ2n) is 7.00. The Morgan fingerprint density at radius 2 is 1.78 bits per heavy atom. The number of pyridine rings is 1. The Morgan fingerprint density at radius 3 is 2.41 bits per heavy atom. The Hall–Kier alpha value is -2.63. The maximum atomic E-state index is 5.60. The normalized spacial score (nSPS) is 11.2. The molecule has 0 radical (unpaired) electrons. The number of hydrogen-bond donors (Lipinski definition) is 0. The summed E-state index contributed by atoms with van der Waals surface area (Å²) in [6.45, 7) is 12.4. The number of methoxy groups -OCH3 is 1. The summed E-state index contributed by atoms with van der Waals surface area (Å²) < 4.78 is 7.56. The highest BCUT2D eigenvalue weighted by atomic mass is 16.5. The number of ether oxygens (including phenoxy) is 1. The van der Waals surface area contributed by atoms with Crippen LogP contribution in [0.5, 0.6) is 5.75 Å². The standard InChI is InChI=1S/C21H29N5O/c1-7-9-25(10-8-2)18-12-15(4)23-21-19(16(5)24-26(18)21)20-17(27-6)11-14(3)13-22-20/h11-13H,7-10H2,1-6H3. The molecule has 0 spiro atoms. The minimum absolute atomic E-state index is 0.747. The van der Waals surface area contributed by atoms with E-state index >= 15 is 0 Å². The fourth-order valence-electron chi connectivity index (χ4n) is 3.49. The van der Waals surface area contributed by atoms with Gasteiger partial charge in [-0.3, -0.25) is 4.98 Å². The highest BCUT2D eigenvalue weighted by molar-refractivity contribution is 5.82. The molecule has 0 unspecified atom stereocenters. The summed E-state index contributed by atoms with van der Waals surface area (Å²) in [6, 6.07) is 4.12. The van der Waals surface area contributed by atoms with Gasteiger partial charge in [0.2, 0.25) is 0 Å². The van der Waals surface area contributed by atoms with Crippen molar-refractivity contribution in [3.8, 4) is 17.0 Å². The van der Waals surface area contributed by atoms with Gasteiger partial charge in [0.05, 0.1) is 18.4 Å². The lowest BCUT2D eigenvalue weighted by Gasteiger charge is -2.24. The van der Waals surface area contributed by atoms with Crippen LogP contribution in [0.25, 0.3) is 16.9 Å². The maximum Gasteiger partial charge on any atom is 0.167 e. The van der Waals surface area contributed by atoms with E-state index in [2.05, 4.69) is 29.8 Å². The van der Waals surface area contributed by atoms with Crippen molar-refractivity contribution in [2.45, 2.75) is 47.5 Å². The second kappa shape index (κ2) is 7.94. The van der Waals surface area contributed by atoms with E-state index in [4.69, 9.17) is 14.8 Å². The van der Waals surface area contributed by atoms with Crippen molar-refractivity contribution < 1.29 is 4.74 Å². The number of aryl methyl sites for hydroxylation is 3. The van der Waals surface area contributed by atoms with Gasteiger partial charge >= 0.3 is 0 Å². The molecule has 6 nitrogen and oxygen atoms in total. The molecule has 0 saturated carbocycles. The predicted octanol–water partition coefficient (Wildman–Crippen LogP) is 4.35. The number of nitrogens with zero attached hydrogens (tertiary/aromatic N) is 5. The summed E-state index contributed by atoms with van der Waals surface area (Å²) in [4.78, 5) is 11.8. The zero-order valence-electron chi connectivity index (χ0n) is 17.2. The monoisotopic (exact) mass is 367 g/mol. The van der Waals surface area contributed by atoms with Gasteiger partial charge in [0.1, 0.15) is 17.3 Å². The third kappa shape index (κ3) is 3.61. The third-order valence-corrected chi connectivity index (χ3v) is 4.63. The van der Waals surface area contributed by atoms with E-state index in [-0.39, 0.29) is 0 Å². The fraction of sp³-hybridized carbons (Fsp3) is 0.476. The van der Waals surface area contributed by atoms with E-state index in [1.807, 2.05) is 37.5 Å². The van der Waals surface area contributed by atoms with Gasteiger partial charge < -0.3 is 9.64 Å². The van der Waals surface area contributed by atoms with Gasteiger partial charge in [-0.25, -0.2) is 4.98 Å². The summed E-state index contributed by atoms with van der Waals surface area (Å²) in [5, 5.41) is 4.83. The van der Waals surface area contributed by atoms with Crippen molar-refractivity contribution in [2.75, 3.05) is 25.1 Å². The van der Waals surface area contributed by atoms with Gasteiger partial charge in [-0.15, -0.1) is 0 Å². The van der Waals surface area contributed by atoms with E-state index in [0.29, 0.717) is 0 Å². The number of hydrogen-bond acceptors (Lipinski definition) is 5. The molecule has 0 amide bonds. The van der Waals surface area contributed by atoms with Gasteiger partial charge in [-0.05, 0) is 45.2 Å². The largest absolute Gasteiger partial charge is 0.494 e. The molecule has 0 N–H and O–H groups in total. The van der Waals surface area contributed by atoms with Crippen LogP contribution in [-0.2, 0) is 0 Å². The third-order valence-electron chi connectivity index (χ3n) is 4.63. The van der Waals surface area contributed by atoms with Crippen molar-refractivity contribution >= 4 is 11.5 Å². The number of fused-ring (bicyclic) bond motifs is 1. The molecule has 0 aliphatic heterocycles. The molecule has 27 heavy (non-hydrogen) atoms. The topological polar surface area (TPSA) is 55.5 Å². The molecule has 0 aromatic carbocycles. The highest BCUT2D eigenvalue weighted by Crippen LogP contribution is 2.34. The Balaban J connectivity index is 2.27. The van der Waals surface area contributed by atoms with Gasteiger partial charge in [-0.2, -0.15) is 9.61 Å². The molecule has 3 rings (SSSR count). The molecule has 0 fully saturated rings. The molecule has 0 bridgehead atoms. The first kappa shape index (κ1) is 19.1. The number of aromatic nitrogens is 4. The van der Waals surface area contributed by atoms with E-state index < -0.39 is 0 Å². The molecule has 0 atom stereocenters. The summed E-state index contributed by atoms with van der Waals surface area (Å²) in [5.74, 6) is 1.83. The van der Waals surface area contributed by atoms with Crippen molar-refractivity contribution in [1.82, 2.24) is 19.6 Å². The molecule has 0 aliphatic rings. The fourth-order valence-corrected chi connectivity index (χ4v) is 3.49. The van der Waals surface area contributed by atoms with Gasteiger partial charge in [-0.1, -0.05) is 13.8 Å². The van der Waals surface area contributed by atoms with Crippen molar-refractivity contribution in [3.05, 3.63) is 35.3 Å². The lowest BCUT2D eigenvalue weighted by molar-refractivity contribution is 0.414. The van der Waals surface area contributed by atoms with E-state index in [1.165, 1.54) is 0 Å². The Morgan fingerprint density at radius 1 is 1.07 bits per heavy atom. The minimum Gasteiger partial charge on any atom is -0.494 e. The first-order chi connectivity index (χ1) is 13.0. The van der Waals surface area contributed by atoms with Crippen LogP contribution in [0.4, 0.5) is 5.82 Å². The van der Waals surface area contributed by atoms with Crippen LogP contribution in [0.3, 0.4) is 0 Å². The van der Waals surface area contributed by atoms with Gasteiger partial charge in [0.15, 0.2) is 5.65 Å². The number of anilines is 1. The highest BCUT2D eigenvalue weighted by Gasteiger charge is 2.22. The molecule has 0 aliphatic carbocycles. The van der Waals surface area contributed by atoms with E-state index in [9.17, 15) is 0 Å². The maximum absolute atomic E-state index is 5.60. The zero-order valence-corrected chi connectivity index (χ0v) is 17.2. The van der Waals surface area contributed by atoms with Crippen LogP contribution in [0.1, 0.15) is 43.6 Å². The smallest absolute Gasteiger partial charge is 0.167 e. The molecular weight excluding hydrogens is 338 g/mol. The molecule has 144 valence electrons. The summed E-state index contributed by atoms with van der Waals surface area (Å²) in [7, 11) is 1.68. The van der Waals surface area contributed by atoms with Crippen LogP contribution in [-0.4, -0.2) is 39.8 Å². The van der Waals surface area contributed by atoms with E-state index in [0.717, 1.165) is 71.4 Å². The SMILES string of the molecule is CCCN(CCC)c1cc(C)nc2c(-c3ncc(C)cc3OC)c(C)nn12. The Bertz CT molecular complexity index is 941. The molecule has 3 heterocycles. The minimum atomic E-state index is 0.747.